The van der Waals surface area contributed by atoms with E-state index in [0.717, 1.165) is 18.4 Å². The number of imidazole rings is 1. The lowest BCUT2D eigenvalue weighted by molar-refractivity contribution is -0.143. The summed E-state index contributed by atoms with van der Waals surface area (Å²) in [5, 5.41) is 14.2. The first kappa shape index (κ1) is 20.0. The number of carbonyl (C=O) groups is 2. The van der Waals surface area contributed by atoms with Gasteiger partial charge in [0.1, 0.15) is 17.1 Å². The van der Waals surface area contributed by atoms with Crippen LogP contribution >= 0.6 is 0 Å². The second-order valence-electron chi connectivity index (χ2n) is 8.29. The van der Waals surface area contributed by atoms with E-state index in [1.54, 1.807) is 29.8 Å². The first-order valence-electron chi connectivity index (χ1n) is 10.5. The number of pyridine rings is 1. The number of aryl methyl sites for hydroxylation is 1. The van der Waals surface area contributed by atoms with Gasteiger partial charge in [-0.3, -0.25) is 9.59 Å². The van der Waals surface area contributed by atoms with E-state index in [1.807, 2.05) is 30.3 Å². The summed E-state index contributed by atoms with van der Waals surface area (Å²) in [7, 11) is 0. The Morgan fingerprint density at radius 1 is 1.16 bits per heavy atom. The monoisotopic (exact) mass is 430 g/mol. The Bertz CT molecular complexity index is 1350. The SMILES string of the molecule is Cc1onc(-c2ccccc2)c1-c1cn2cc(C3(C(=O)O)CCCC3)cc(C(N)=O)c2n1. The molecule has 0 aliphatic heterocycles. The van der Waals surface area contributed by atoms with Crippen molar-refractivity contribution in [3.63, 3.8) is 0 Å². The number of fused-ring (bicyclic) bond motifs is 1. The van der Waals surface area contributed by atoms with Crippen molar-refractivity contribution in [3.8, 4) is 22.5 Å². The number of carboxylic acids is 1. The summed E-state index contributed by atoms with van der Waals surface area (Å²) < 4.78 is 7.15. The highest BCUT2D eigenvalue weighted by atomic mass is 16.5. The third-order valence-electron chi connectivity index (χ3n) is 6.40. The summed E-state index contributed by atoms with van der Waals surface area (Å²) in [6.07, 6.45) is 6.22. The number of amides is 1. The summed E-state index contributed by atoms with van der Waals surface area (Å²) >= 11 is 0. The lowest BCUT2D eigenvalue weighted by atomic mass is 9.79. The Morgan fingerprint density at radius 3 is 2.53 bits per heavy atom. The van der Waals surface area contributed by atoms with Crippen LogP contribution in [0.25, 0.3) is 28.2 Å². The Morgan fingerprint density at radius 2 is 1.88 bits per heavy atom. The van der Waals surface area contributed by atoms with Crippen molar-refractivity contribution in [3.05, 3.63) is 65.7 Å². The molecule has 0 spiro atoms. The Kier molecular flexibility index (Phi) is 4.58. The molecule has 5 rings (SSSR count). The minimum absolute atomic E-state index is 0.191. The fraction of sp³-hybridized carbons (Fsp3) is 0.250. The standard InChI is InChI=1S/C24H22N4O4/c1-14-19(20(27-32-14)15-7-3-2-4-8-15)18-13-28-12-16(11-17(21(25)29)22(28)26-18)24(23(30)31)9-5-6-10-24/h2-4,7-8,11-13H,5-6,9-10H2,1H3,(H2,25,29)(H,30,31). The van der Waals surface area contributed by atoms with Crippen LogP contribution in [0, 0.1) is 6.92 Å². The van der Waals surface area contributed by atoms with Gasteiger partial charge in [-0.05, 0) is 31.4 Å². The number of nitrogens with zero attached hydrogens (tertiary/aromatic N) is 3. The number of primary amides is 1. The number of hydrogen-bond donors (Lipinski definition) is 2. The van der Waals surface area contributed by atoms with Gasteiger partial charge >= 0.3 is 5.97 Å². The van der Waals surface area contributed by atoms with Crippen LogP contribution in [0.15, 0.2) is 53.3 Å². The van der Waals surface area contributed by atoms with Gasteiger partial charge in [0.25, 0.3) is 5.91 Å². The molecule has 1 saturated carbocycles. The van der Waals surface area contributed by atoms with E-state index in [2.05, 4.69) is 10.1 Å². The van der Waals surface area contributed by atoms with Crippen LogP contribution in [0.1, 0.15) is 47.4 Å². The largest absolute Gasteiger partial charge is 0.481 e. The zero-order chi connectivity index (χ0) is 22.5. The third-order valence-corrected chi connectivity index (χ3v) is 6.40. The molecule has 4 aromatic rings. The van der Waals surface area contributed by atoms with E-state index < -0.39 is 17.3 Å². The molecular weight excluding hydrogens is 408 g/mol. The van der Waals surface area contributed by atoms with Crippen LogP contribution in [0.5, 0.6) is 0 Å². The van der Waals surface area contributed by atoms with Crippen LogP contribution in [-0.4, -0.2) is 31.5 Å². The average Bonchev–Trinajstić information content (AvgIpc) is 3.51. The molecule has 1 fully saturated rings. The maximum Gasteiger partial charge on any atom is 0.314 e. The van der Waals surface area contributed by atoms with Crippen molar-refractivity contribution in [1.82, 2.24) is 14.5 Å². The van der Waals surface area contributed by atoms with E-state index in [4.69, 9.17) is 10.3 Å². The number of nitrogens with two attached hydrogens (primary N) is 1. The molecule has 0 bridgehead atoms. The minimum atomic E-state index is -1.02. The number of aliphatic carboxylic acids is 1. The summed E-state index contributed by atoms with van der Waals surface area (Å²) in [6, 6.07) is 11.2. The second kappa shape index (κ2) is 7.33. The Hall–Kier alpha value is -3.94. The average molecular weight is 430 g/mol. The molecule has 0 atom stereocenters. The van der Waals surface area contributed by atoms with Crippen molar-refractivity contribution >= 4 is 17.5 Å². The van der Waals surface area contributed by atoms with Crippen LogP contribution in [0.2, 0.25) is 0 Å². The minimum Gasteiger partial charge on any atom is -0.481 e. The molecule has 162 valence electrons. The summed E-state index contributed by atoms with van der Waals surface area (Å²) in [6.45, 7) is 1.80. The molecule has 3 N–H and O–H groups in total. The molecule has 8 nitrogen and oxygen atoms in total. The third kappa shape index (κ3) is 2.98. The van der Waals surface area contributed by atoms with Crippen LogP contribution in [-0.2, 0) is 10.2 Å². The van der Waals surface area contributed by atoms with Gasteiger partial charge in [-0.25, -0.2) is 4.98 Å². The summed E-state index contributed by atoms with van der Waals surface area (Å²) in [5.41, 5.74) is 8.58. The smallest absolute Gasteiger partial charge is 0.314 e. The fourth-order valence-corrected chi connectivity index (χ4v) is 4.73. The van der Waals surface area contributed by atoms with E-state index in [-0.39, 0.29) is 5.56 Å². The molecule has 1 aliphatic rings. The first-order valence-corrected chi connectivity index (χ1v) is 10.5. The van der Waals surface area contributed by atoms with E-state index >= 15 is 0 Å². The van der Waals surface area contributed by atoms with E-state index in [1.165, 1.54) is 0 Å². The fourth-order valence-electron chi connectivity index (χ4n) is 4.73. The Balaban J connectivity index is 1.72. The molecule has 32 heavy (non-hydrogen) atoms. The molecule has 3 aromatic heterocycles. The van der Waals surface area contributed by atoms with Gasteiger partial charge in [0.05, 0.1) is 22.2 Å². The van der Waals surface area contributed by atoms with Crippen LogP contribution in [0.4, 0.5) is 0 Å². The highest BCUT2D eigenvalue weighted by Crippen LogP contribution is 2.42. The van der Waals surface area contributed by atoms with Crippen LogP contribution < -0.4 is 5.73 Å². The number of aromatic nitrogens is 3. The highest BCUT2D eigenvalue weighted by Gasteiger charge is 2.43. The lowest BCUT2D eigenvalue weighted by Gasteiger charge is -2.25. The van der Waals surface area contributed by atoms with Crippen LogP contribution in [0.3, 0.4) is 0 Å². The second-order valence-corrected chi connectivity index (χ2v) is 8.29. The zero-order valence-corrected chi connectivity index (χ0v) is 17.5. The number of rotatable bonds is 5. The van der Waals surface area contributed by atoms with Gasteiger partial charge in [0, 0.05) is 18.0 Å². The van der Waals surface area contributed by atoms with Crippen molar-refractivity contribution in [2.75, 3.05) is 0 Å². The lowest BCUT2D eigenvalue weighted by Crippen LogP contribution is -2.33. The van der Waals surface area contributed by atoms with Crippen molar-refractivity contribution < 1.29 is 19.2 Å². The van der Waals surface area contributed by atoms with Gasteiger partial charge in [0.2, 0.25) is 0 Å². The number of carbonyl (C=O) groups excluding carboxylic acids is 1. The molecule has 1 aromatic carbocycles. The van der Waals surface area contributed by atoms with Gasteiger partial charge in [0.15, 0.2) is 0 Å². The molecule has 1 aliphatic carbocycles. The van der Waals surface area contributed by atoms with Crippen molar-refractivity contribution in [1.29, 1.82) is 0 Å². The first-order chi connectivity index (χ1) is 15.4. The maximum absolute atomic E-state index is 12.3. The topological polar surface area (TPSA) is 124 Å². The molecule has 1 amide bonds. The molecular formula is C24H22N4O4. The van der Waals surface area contributed by atoms with Gasteiger partial charge < -0.3 is 19.8 Å². The predicted octanol–water partition coefficient (Wildman–Crippen LogP) is 3.96. The zero-order valence-electron chi connectivity index (χ0n) is 17.5. The quantitative estimate of drug-likeness (QED) is 0.494. The Labute approximate surface area is 183 Å². The van der Waals surface area contributed by atoms with E-state index in [9.17, 15) is 14.7 Å². The molecule has 0 radical (unpaired) electrons. The highest BCUT2D eigenvalue weighted by molar-refractivity contribution is 6.00. The van der Waals surface area contributed by atoms with Gasteiger partial charge in [-0.2, -0.15) is 0 Å². The maximum atomic E-state index is 12.3. The molecule has 0 unspecified atom stereocenters. The normalized spacial score (nSPS) is 15.3. The van der Waals surface area contributed by atoms with Gasteiger partial charge in [-0.15, -0.1) is 0 Å². The number of hydrogen-bond acceptors (Lipinski definition) is 5. The van der Waals surface area contributed by atoms with Crippen molar-refractivity contribution in [2.24, 2.45) is 5.73 Å². The number of carboxylic acid groups (broad SMARTS) is 1. The van der Waals surface area contributed by atoms with E-state index in [0.29, 0.717) is 46.8 Å². The van der Waals surface area contributed by atoms with Crippen molar-refractivity contribution in [2.45, 2.75) is 38.0 Å². The molecule has 8 heteroatoms. The number of benzene rings is 1. The summed E-state index contributed by atoms with van der Waals surface area (Å²) in [4.78, 5) is 29.2. The molecule has 0 saturated heterocycles. The summed E-state index contributed by atoms with van der Waals surface area (Å²) in [5.74, 6) is -0.949. The molecule has 3 heterocycles. The van der Waals surface area contributed by atoms with Gasteiger partial charge in [-0.1, -0.05) is 48.3 Å². The predicted molar refractivity (Wildman–Crippen MR) is 117 cm³/mol.